The fourth-order valence-electron chi connectivity index (χ4n) is 4.70. The standard InChI is InChI=1S/C27H48N8O4S5/c1-7-32-16-20(36)33(24(32)42)18-26(3,4)10-14-30-22(40)28-12-9-13-29-23(41)31-15-11-27(5,6)19-34-21(37)17-35(25(34)43)44(38,39)8-2/h7-19H2,1-6H3,(H2,28,30,40)(H2,29,31,41). The molecule has 0 unspecified atom stereocenters. The summed E-state index contributed by atoms with van der Waals surface area (Å²) >= 11 is 21.6. The lowest BCUT2D eigenvalue weighted by Gasteiger charge is -2.30. The molecule has 0 aromatic heterocycles. The summed E-state index contributed by atoms with van der Waals surface area (Å²) in [6, 6.07) is 0. The van der Waals surface area contributed by atoms with Crippen LogP contribution >= 0.6 is 48.9 Å². The van der Waals surface area contributed by atoms with Gasteiger partial charge in [-0.15, -0.1) is 0 Å². The van der Waals surface area contributed by atoms with E-state index in [0.29, 0.717) is 67.6 Å². The first-order valence-corrected chi connectivity index (χ1v) is 18.1. The zero-order valence-electron chi connectivity index (χ0n) is 26.7. The van der Waals surface area contributed by atoms with Gasteiger partial charge in [-0.1, -0.05) is 27.7 Å². The summed E-state index contributed by atoms with van der Waals surface area (Å²) in [4.78, 5) is 29.8. The van der Waals surface area contributed by atoms with E-state index in [0.717, 1.165) is 23.7 Å². The van der Waals surface area contributed by atoms with Crippen molar-refractivity contribution in [2.45, 2.75) is 60.8 Å². The molecule has 2 aliphatic rings. The molecule has 0 bridgehead atoms. The molecule has 250 valence electrons. The second-order valence-electron chi connectivity index (χ2n) is 12.5. The van der Waals surface area contributed by atoms with Crippen molar-refractivity contribution >= 4 is 91.2 Å². The van der Waals surface area contributed by atoms with Crippen LogP contribution in [0.5, 0.6) is 0 Å². The molecule has 0 aliphatic carbocycles. The highest BCUT2D eigenvalue weighted by Crippen LogP contribution is 2.26. The Labute approximate surface area is 284 Å². The number of likely N-dealkylation sites (N-methyl/N-ethyl adjacent to an activating group) is 1. The zero-order valence-corrected chi connectivity index (χ0v) is 30.7. The molecular weight excluding hydrogens is 661 g/mol. The van der Waals surface area contributed by atoms with Gasteiger partial charge in [0.2, 0.25) is 21.8 Å². The Bertz CT molecular complexity index is 1210. The molecule has 0 radical (unpaired) electrons. The van der Waals surface area contributed by atoms with Gasteiger partial charge in [0.05, 0.1) is 12.3 Å². The summed E-state index contributed by atoms with van der Waals surface area (Å²) < 4.78 is 25.5. The molecule has 4 N–H and O–H groups in total. The van der Waals surface area contributed by atoms with Gasteiger partial charge >= 0.3 is 0 Å². The third-order valence-electron chi connectivity index (χ3n) is 7.51. The first kappa shape index (κ1) is 38.2. The molecule has 2 rings (SSSR count). The first-order chi connectivity index (χ1) is 20.4. The molecule has 0 atom stereocenters. The monoisotopic (exact) mass is 708 g/mol. The lowest BCUT2D eigenvalue weighted by atomic mass is 9.88. The van der Waals surface area contributed by atoms with Crippen LogP contribution in [0.1, 0.15) is 60.8 Å². The smallest absolute Gasteiger partial charge is 0.249 e. The highest BCUT2D eigenvalue weighted by atomic mass is 32.2. The van der Waals surface area contributed by atoms with Gasteiger partial charge in [0.15, 0.2) is 20.4 Å². The Morgan fingerprint density at radius 3 is 1.61 bits per heavy atom. The highest BCUT2D eigenvalue weighted by molar-refractivity contribution is 7.91. The molecular formula is C27H48N8O4S5. The van der Waals surface area contributed by atoms with Gasteiger partial charge in [0, 0.05) is 45.8 Å². The van der Waals surface area contributed by atoms with Crippen molar-refractivity contribution in [3.8, 4) is 0 Å². The minimum absolute atomic E-state index is 0.0474. The predicted octanol–water partition coefficient (Wildman–Crippen LogP) is 1.37. The Balaban J connectivity index is 1.58. The molecule has 2 aliphatic heterocycles. The van der Waals surface area contributed by atoms with Crippen LogP contribution in [-0.2, 0) is 19.6 Å². The van der Waals surface area contributed by atoms with Gasteiger partial charge in [-0.25, -0.2) is 12.7 Å². The van der Waals surface area contributed by atoms with Crippen LogP contribution in [-0.4, -0.2) is 124 Å². The summed E-state index contributed by atoms with van der Waals surface area (Å²) in [5, 5.41) is 14.6. The lowest BCUT2D eigenvalue weighted by Crippen LogP contribution is -2.43. The molecule has 17 heteroatoms. The number of thiocarbonyl (C=S) groups is 4. The largest absolute Gasteiger partial charge is 0.363 e. The summed E-state index contributed by atoms with van der Waals surface area (Å²) in [6.45, 7) is 16.1. The van der Waals surface area contributed by atoms with E-state index in [9.17, 15) is 18.0 Å². The molecule has 0 aromatic carbocycles. The Morgan fingerprint density at radius 2 is 1.18 bits per heavy atom. The Kier molecular flexibility index (Phi) is 14.4. The van der Waals surface area contributed by atoms with Gasteiger partial charge in [0.25, 0.3) is 0 Å². The molecule has 2 heterocycles. The van der Waals surface area contributed by atoms with E-state index in [4.69, 9.17) is 48.9 Å². The van der Waals surface area contributed by atoms with Crippen molar-refractivity contribution in [3.63, 3.8) is 0 Å². The fraction of sp³-hybridized carbons (Fsp3) is 0.778. The van der Waals surface area contributed by atoms with Gasteiger partial charge < -0.3 is 26.2 Å². The van der Waals surface area contributed by atoms with E-state index in [1.54, 1.807) is 4.90 Å². The zero-order chi connectivity index (χ0) is 33.3. The maximum absolute atomic E-state index is 12.5. The average molecular weight is 709 g/mol. The second-order valence-corrected chi connectivity index (χ2v) is 16.2. The van der Waals surface area contributed by atoms with Crippen molar-refractivity contribution in [3.05, 3.63) is 0 Å². The van der Waals surface area contributed by atoms with Gasteiger partial charge in [0.1, 0.15) is 6.54 Å². The Hall–Kier alpha value is -1.95. The Morgan fingerprint density at radius 1 is 0.750 bits per heavy atom. The minimum Gasteiger partial charge on any atom is -0.363 e. The van der Waals surface area contributed by atoms with Crippen LogP contribution in [0.2, 0.25) is 0 Å². The quantitative estimate of drug-likeness (QED) is 0.128. The van der Waals surface area contributed by atoms with E-state index in [-0.39, 0.29) is 40.1 Å². The maximum Gasteiger partial charge on any atom is 0.249 e. The van der Waals surface area contributed by atoms with Gasteiger partial charge in [-0.3, -0.25) is 19.4 Å². The topological polar surface area (TPSA) is 129 Å². The normalized spacial score (nSPS) is 16.2. The molecule has 0 spiro atoms. The van der Waals surface area contributed by atoms with Crippen LogP contribution in [0.25, 0.3) is 0 Å². The SMILES string of the molecule is CCN1CC(=O)N(CC(C)(C)CCNC(=S)NCCCNC(=S)NCCC(C)(C)CN2C(=O)CN(S(=O)(=O)CC)C2=S)C1=S. The lowest BCUT2D eigenvalue weighted by molar-refractivity contribution is -0.126. The summed E-state index contributed by atoms with van der Waals surface area (Å²) in [6.07, 6.45) is 2.32. The van der Waals surface area contributed by atoms with E-state index in [2.05, 4.69) is 35.1 Å². The van der Waals surface area contributed by atoms with E-state index in [1.807, 2.05) is 25.7 Å². The molecule has 44 heavy (non-hydrogen) atoms. The number of carbonyl (C=O) groups excluding carboxylic acids is 2. The van der Waals surface area contributed by atoms with Crippen molar-refractivity contribution in [2.24, 2.45) is 10.8 Å². The summed E-state index contributed by atoms with van der Waals surface area (Å²) in [7, 11) is -3.57. The average Bonchev–Trinajstić information content (AvgIpc) is 3.37. The number of nitrogens with zero attached hydrogens (tertiary/aromatic N) is 4. The van der Waals surface area contributed by atoms with E-state index in [1.165, 1.54) is 11.8 Å². The number of carbonyl (C=O) groups is 2. The van der Waals surface area contributed by atoms with E-state index >= 15 is 0 Å². The molecule has 2 saturated heterocycles. The molecule has 0 aromatic rings. The van der Waals surface area contributed by atoms with Crippen molar-refractivity contribution in [1.82, 2.24) is 40.3 Å². The number of sulfonamides is 1. The number of hydrogen-bond donors (Lipinski definition) is 4. The van der Waals surface area contributed by atoms with Gasteiger partial charge in [-0.05, 0) is 92.8 Å². The van der Waals surface area contributed by atoms with Crippen molar-refractivity contribution < 1.29 is 18.0 Å². The number of rotatable bonds is 17. The molecule has 2 fully saturated rings. The van der Waals surface area contributed by atoms with Crippen LogP contribution < -0.4 is 21.3 Å². The highest BCUT2D eigenvalue weighted by Gasteiger charge is 2.41. The van der Waals surface area contributed by atoms with Crippen molar-refractivity contribution in [2.75, 3.05) is 64.7 Å². The number of nitrogens with one attached hydrogen (secondary N) is 4. The van der Waals surface area contributed by atoms with Crippen molar-refractivity contribution in [1.29, 1.82) is 0 Å². The number of amides is 2. The van der Waals surface area contributed by atoms with Gasteiger partial charge in [-0.2, -0.15) is 0 Å². The molecule has 0 saturated carbocycles. The predicted molar refractivity (Wildman–Crippen MR) is 191 cm³/mol. The third-order valence-corrected chi connectivity index (χ3v) is 10.8. The maximum atomic E-state index is 12.5. The van der Waals surface area contributed by atoms with Crippen LogP contribution in [0.15, 0.2) is 0 Å². The number of hydrogen-bond acceptors (Lipinski definition) is 8. The second kappa shape index (κ2) is 16.6. The third kappa shape index (κ3) is 11.4. The van der Waals surface area contributed by atoms with Crippen LogP contribution in [0, 0.1) is 10.8 Å². The molecule has 12 nitrogen and oxygen atoms in total. The molecule has 2 amide bonds. The summed E-state index contributed by atoms with van der Waals surface area (Å²) in [5.74, 6) is -0.355. The van der Waals surface area contributed by atoms with E-state index < -0.39 is 10.0 Å². The summed E-state index contributed by atoms with van der Waals surface area (Å²) in [5.41, 5.74) is -0.435. The fourth-order valence-corrected chi connectivity index (χ4v) is 7.00. The minimum atomic E-state index is -3.57. The first-order valence-electron chi connectivity index (χ1n) is 14.9. The van der Waals surface area contributed by atoms with Crippen LogP contribution in [0.4, 0.5) is 0 Å². The van der Waals surface area contributed by atoms with Crippen LogP contribution in [0.3, 0.4) is 0 Å².